The van der Waals surface area contributed by atoms with Crippen LogP contribution in [0.3, 0.4) is 0 Å². The molecule has 10 rings (SSSR count). The number of ether oxygens (including phenoxy) is 2. The van der Waals surface area contributed by atoms with Gasteiger partial charge in [-0.15, -0.1) is 0 Å². The molecule has 13 nitrogen and oxygen atoms in total. The molecule has 0 bridgehead atoms. The first-order chi connectivity index (χ1) is 31.0. The minimum Gasteiger partial charge on any atom is -0.457 e. The summed E-state index contributed by atoms with van der Waals surface area (Å²) in [6.07, 6.45) is 8.07. The van der Waals surface area contributed by atoms with Crippen molar-refractivity contribution in [1.29, 1.82) is 0 Å². The molecule has 0 aliphatic carbocycles. The first-order valence-electron chi connectivity index (χ1n) is 19.7. The normalized spacial score (nSPS) is 11.5. The van der Waals surface area contributed by atoms with Gasteiger partial charge in [-0.3, -0.25) is 19.1 Å². The van der Waals surface area contributed by atoms with Crippen LogP contribution in [0, 0.1) is 0 Å². The Kier molecular flexibility index (Phi) is 11.3. The predicted octanol–water partition coefficient (Wildman–Crippen LogP) is 9.81. The first-order valence-corrected chi connectivity index (χ1v) is 23.2. The molecule has 0 fully saturated rings. The smallest absolute Gasteiger partial charge is 0.238 e. The van der Waals surface area contributed by atoms with Crippen molar-refractivity contribution in [2.45, 2.75) is 9.79 Å². The Labute approximate surface area is 368 Å². The maximum Gasteiger partial charge on any atom is 0.238 e. The number of sulfonamides is 1. The van der Waals surface area contributed by atoms with Crippen LogP contribution in [0.4, 0.5) is 0 Å². The standard InChI is InChI=1S/C25H19N3O3S.C24H18N4O3S/c1-32(29,30)22-13-7-18(8-14-22)25-27-23-17-26-16-15-24(23)28(25)19-9-11-21(12-10-19)31-20-5-3-2-4-6-20;25-32(29,30)21-12-6-17(7-13-21)24-27-22-14-15-26-16-23(22)28(24)18-8-10-20(11-9-18)31-19-4-2-1-3-5-19/h2-17H,1H3;1-16H,(H2,25,29,30). The van der Waals surface area contributed by atoms with Gasteiger partial charge in [-0.05, 0) is 133 Å². The molecule has 2 N–H and O–H groups in total. The van der Waals surface area contributed by atoms with Crippen LogP contribution in [0.1, 0.15) is 0 Å². The molecular weight excluding hydrogens is 847 g/mol. The lowest BCUT2D eigenvalue weighted by atomic mass is 10.2. The number of primary sulfonamides is 1. The van der Waals surface area contributed by atoms with Crippen LogP contribution in [-0.4, -0.2) is 52.2 Å². The number of hydrogen-bond acceptors (Lipinski definition) is 10. The predicted molar refractivity (Wildman–Crippen MR) is 246 cm³/mol. The van der Waals surface area contributed by atoms with Crippen molar-refractivity contribution in [1.82, 2.24) is 29.1 Å². The summed E-state index contributed by atoms with van der Waals surface area (Å²) in [6.45, 7) is 0. The number of nitrogens with two attached hydrogens (primary N) is 1. The molecule has 0 aliphatic rings. The highest BCUT2D eigenvalue weighted by Gasteiger charge is 2.18. The van der Waals surface area contributed by atoms with E-state index in [9.17, 15) is 16.8 Å². The van der Waals surface area contributed by atoms with Gasteiger partial charge < -0.3 is 9.47 Å². The zero-order valence-electron chi connectivity index (χ0n) is 34.0. The number of hydrogen-bond donors (Lipinski definition) is 1. The second-order valence-corrected chi connectivity index (χ2v) is 18.0. The van der Waals surface area contributed by atoms with Gasteiger partial charge in [0, 0.05) is 41.2 Å². The Balaban J connectivity index is 0.000000162. The summed E-state index contributed by atoms with van der Waals surface area (Å²) < 4.78 is 62.7. The van der Waals surface area contributed by atoms with Crippen LogP contribution in [-0.2, 0) is 19.9 Å². The maximum absolute atomic E-state index is 11.8. The van der Waals surface area contributed by atoms with Gasteiger partial charge in [0.1, 0.15) is 40.2 Å². The molecule has 0 spiro atoms. The Morgan fingerprint density at radius 3 is 1.39 bits per heavy atom. The van der Waals surface area contributed by atoms with Crippen LogP contribution in [0.2, 0.25) is 0 Å². The SMILES string of the molecule is CS(=O)(=O)c1ccc(-c2nc3cnccc3n2-c2ccc(Oc3ccccc3)cc2)cc1.NS(=O)(=O)c1ccc(-c2nc3ccncc3n2-c2ccc(Oc3ccccc3)cc2)cc1. The summed E-state index contributed by atoms with van der Waals surface area (Å²) >= 11 is 0. The van der Waals surface area contributed by atoms with Gasteiger partial charge in [-0.1, -0.05) is 36.4 Å². The van der Waals surface area contributed by atoms with Gasteiger partial charge >= 0.3 is 0 Å². The largest absolute Gasteiger partial charge is 0.457 e. The van der Waals surface area contributed by atoms with E-state index in [1.165, 1.54) is 18.4 Å². The van der Waals surface area contributed by atoms with Crippen molar-refractivity contribution < 1.29 is 26.3 Å². The summed E-state index contributed by atoms with van der Waals surface area (Å²) in [5.41, 5.74) is 6.58. The topological polar surface area (TPSA) is 174 Å². The number of aromatic nitrogens is 6. The highest BCUT2D eigenvalue weighted by molar-refractivity contribution is 7.90. The fourth-order valence-electron chi connectivity index (χ4n) is 6.99. The molecule has 15 heteroatoms. The molecule has 4 aromatic heterocycles. The van der Waals surface area contributed by atoms with E-state index in [0.717, 1.165) is 61.8 Å². The fourth-order valence-corrected chi connectivity index (χ4v) is 8.13. The number of benzene rings is 6. The van der Waals surface area contributed by atoms with Crippen molar-refractivity contribution in [2.24, 2.45) is 5.14 Å². The van der Waals surface area contributed by atoms with E-state index in [1.54, 1.807) is 61.2 Å². The Morgan fingerprint density at radius 2 is 0.891 bits per heavy atom. The molecule has 10 aromatic rings. The van der Waals surface area contributed by atoms with Gasteiger partial charge in [-0.2, -0.15) is 0 Å². The number of sulfone groups is 1. The fraction of sp³-hybridized carbons (Fsp3) is 0.0204. The molecule has 0 saturated heterocycles. The average Bonchev–Trinajstić information content (AvgIpc) is 3.90. The molecule has 64 heavy (non-hydrogen) atoms. The minimum absolute atomic E-state index is 0.0491. The summed E-state index contributed by atoms with van der Waals surface area (Å²) in [5.74, 6) is 4.32. The first kappa shape index (κ1) is 41.4. The van der Waals surface area contributed by atoms with E-state index >= 15 is 0 Å². The lowest BCUT2D eigenvalue weighted by Crippen LogP contribution is -2.11. The molecule has 0 unspecified atom stereocenters. The van der Waals surface area contributed by atoms with Gasteiger partial charge in [0.2, 0.25) is 10.0 Å². The average molecular weight is 884 g/mol. The number of para-hydroxylation sites is 2. The van der Waals surface area contributed by atoms with Gasteiger partial charge in [0.05, 0.1) is 38.7 Å². The van der Waals surface area contributed by atoms with Gasteiger partial charge in [0.15, 0.2) is 9.84 Å². The summed E-state index contributed by atoms with van der Waals surface area (Å²) in [5, 5.41) is 5.23. The van der Waals surface area contributed by atoms with Gasteiger partial charge in [0.25, 0.3) is 0 Å². The van der Waals surface area contributed by atoms with Crippen molar-refractivity contribution in [3.8, 4) is 57.1 Å². The van der Waals surface area contributed by atoms with Crippen LogP contribution in [0.15, 0.2) is 204 Å². The van der Waals surface area contributed by atoms with Crippen molar-refractivity contribution >= 4 is 41.9 Å². The minimum atomic E-state index is -3.77. The molecule has 0 aliphatic heterocycles. The van der Waals surface area contributed by atoms with Crippen LogP contribution in [0.25, 0.3) is 56.2 Å². The zero-order valence-corrected chi connectivity index (χ0v) is 35.6. The molecule has 6 aromatic carbocycles. The lowest BCUT2D eigenvalue weighted by Gasteiger charge is -2.11. The Bertz CT molecular complexity index is 3220. The van der Waals surface area contributed by atoms with Crippen LogP contribution >= 0.6 is 0 Å². The summed E-state index contributed by atoms with van der Waals surface area (Å²) in [4.78, 5) is 18.3. The number of nitrogens with zero attached hydrogens (tertiary/aromatic N) is 6. The monoisotopic (exact) mass is 883 g/mol. The number of imidazole rings is 2. The highest BCUT2D eigenvalue weighted by Crippen LogP contribution is 2.33. The second kappa shape index (κ2) is 17.4. The molecule has 4 heterocycles. The molecular formula is C49H37N7O6S2. The molecule has 0 radical (unpaired) electrons. The zero-order chi connectivity index (χ0) is 44.3. The quantitative estimate of drug-likeness (QED) is 0.139. The third-order valence-electron chi connectivity index (χ3n) is 10.0. The van der Waals surface area contributed by atoms with Crippen molar-refractivity contribution in [3.63, 3.8) is 0 Å². The third-order valence-corrected chi connectivity index (χ3v) is 12.1. The number of pyridine rings is 2. The Morgan fingerprint density at radius 1 is 0.453 bits per heavy atom. The number of rotatable bonds is 10. The second-order valence-electron chi connectivity index (χ2n) is 14.5. The summed E-state index contributed by atoms with van der Waals surface area (Å²) in [6, 6.07) is 51.4. The third kappa shape index (κ3) is 8.98. The molecule has 316 valence electrons. The van der Waals surface area contributed by atoms with Crippen LogP contribution < -0.4 is 14.6 Å². The summed E-state index contributed by atoms with van der Waals surface area (Å²) in [7, 11) is -7.04. The van der Waals surface area contributed by atoms with E-state index in [-0.39, 0.29) is 9.79 Å². The maximum atomic E-state index is 11.8. The van der Waals surface area contributed by atoms with Crippen molar-refractivity contribution in [3.05, 3.63) is 195 Å². The van der Waals surface area contributed by atoms with E-state index in [2.05, 4.69) is 9.97 Å². The lowest BCUT2D eigenvalue weighted by molar-refractivity contribution is 0.482. The number of fused-ring (bicyclic) bond motifs is 2. The van der Waals surface area contributed by atoms with E-state index < -0.39 is 19.9 Å². The van der Waals surface area contributed by atoms with E-state index in [1.807, 2.05) is 130 Å². The molecule has 0 amide bonds. The highest BCUT2D eigenvalue weighted by atomic mass is 32.2. The van der Waals surface area contributed by atoms with E-state index in [0.29, 0.717) is 17.4 Å². The van der Waals surface area contributed by atoms with E-state index in [4.69, 9.17) is 24.6 Å². The van der Waals surface area contributed by atoms with Gasteiger partial charge in [-0.25, -0.2) is 31.9 Å². The molecule has 0 saturated carbocycles. The Hall–Kier alpha value is -7.98. The van der Waals surface area contributed by atoms with Crippen LogP contribution in [0.5, 0.6) is 23.0 Å². The van der Waals surface area contributed by atoms with Crippen molar-refractivity contribution in [2.75, 3.05) is 6.26 Å². The molecule has 0 atom stereocenters.